The van der Waals surface area contributed by atoms with Crippen molar-refractivity contribution in [2.45, 2.75) is 69.6 Å². The van der Waals surface area contributed by atoms with E-state index >= 15 is 0 Å². The number of hydrogen-bond acceptors (Lipinski definition) is 8. The largest absolute Gasteiger partial charge is 0.374 e. The fourth-order valence-electron chi connectivity index (χ4n) is 6.33. The van der Waals surface area contributed by atoms with Crippen LogP contribution >= 0.6 is 0 Å². The second-order valence-corrected chi connectivity index (χ2v) is 12.7. The van der Waals surface area contributed by atoms with Crippen LogP contribution in [-0.4, -0.2) is 70.8 Å². The number of ether oxygens (including phenoxy) is 1. The van der Waals surface area contributed by atoms with Crippen molar-refractivity contribution in [2.75, 3.05) is 48.9 Å². The molecule has 3 aliphatic rings. The van der Waals surface area contributed by atoms with Crippen molar-refractivity contribution in [1.29, 1.82) is 0 Å². The van der Waals surface area contributed by atoms with E-state index in [1.54, 1.807) is 0 Å². The molecule has 3 aromatic rings. The van der Waals surface area contributed by atoms with Crippen molar-refractivity contribution in [2.24, 2.45) is 0 Å². The third-order valence-corrected chi connectivity index (χ3v) is 9.41. The number of nitrogens with one attached hydrogen (secondary N) is 1. The molecule has 0 aliphatic carbocycles. The van der Waals surface area contributed by atoms with E-state index in [9.17, 15) is 0 Å². The van der Waals surface area contributed by atoms with Crippen LogP contribution in [0.3, 0.4) is 0 Å². The highest BCUT2D eigenvalue weighted by Crippen LogP contribution is 2.52. The van der Waals surface area contributed by atoms with Crippen molar-refractivity contribution in [3.63, 3.8) is 0 Å². The van der Waals surface area contributed by atoms with Gasteiger partial charge in [0.2, 0.25) is 5.95 Å². The molecule has 0 spiro atoms. The molecule has 0 bridgehead atoms. The minimum Gasteiger partial charge on any atom is -0.374 e. The van der Waals surface area contributed by atoms with Crippen molar-refractivity contribution in [3.8, 4) is 0 Å². The molecule has 2 aromatic heterocycles. The quantitative estimate of drug-likeness (QED) is 0.466. The number of rotatable bonds is 5. The second-order valence-electron chi connectivity index (χ2n) is 12.7. The van der Waals surface area contributed by atoms with Gasteiger partial charge in [0, 0.05) is 53.4 Å². The molecule has 2 atom stereocenters. The van der Waals surface area contributed by atoms with E-state index in [0.717, 1.165) is 55.2 Å². The van der Waals surface area contributed by atoms with Crippen LogP contribution in [0.2, 0.25) is 0 Å². The Kier molecular flexibility index (Phi) is 6.31. The van der Waals surface area contributed by atoms with Gasteiger partial charge in [-0.15, -0.1) is 0 Å². The van der Waals surface area contributed by atoms with E-state index in [2.05, 4.69) is 92.1 Å². The van der Waals surface area contributed by atoms with Crippen LogP contribution < -0.4 is 15.1 Å². The molecule has 0 unspecified atom stereocenters. The Hall–Kier alpha value is -3.23. The van der Waals surface area contributed by atoms with E-state index in [0.29, 0.717) is 12.6 Å². The number of fused-ring (bicyclic) bond motifs is 3. The lowest BCUT2D eigenvalue weighted by Crippen LogP contribution is -2.54. The summed E-state index contributed by atoms with van der Waals surface area (Å²) in [4.78, 5) is 21.7. The first-order chi connectivity index (χ1) is 18.6. The number of hydrogen-bond donors (Lipinski definition) is 1. The summed E-state index contributed by atoms with van der Waals surface area (Å²) in [5.41, 5.74) is 3.21. The van der Waals surface area contributed by atoms with E-state index in [4.69, 9.17) is 19.7 Å². The molecule has 0 radical (unpaired) electrons. The number of piperidine rings is 1. The Labute approximate surface area is 232 Å². The third-order valence-electron chi connectivity index (χ3n) is 9.41. The normalized spacial score (nSPS) is 25.4. The molecule has 2 fully saturated rings. The average molecular weight is 528 g/mol. The van der Waals surface area contributed by atoms with Gasteiger partial charge in [0.25, 0.3) is 0 Å². The number of aromatic nitrogens is 3. The maximum Gasteiger partial charge on any atom is 0.229 e. The van der Waals surface area contributed by atoms with Crippen LogP contribution in [0, 0.1) is 0 Å². The first kappa shape index (κ1) is 26.0. The third kappa shape index (κ3) is 4.63. The van der Waals surface area contributed by atoms with Gasteiger partial charge in [0.1, 0.15) is 11.6 Å². The van der Waals surface area contributed by atoms with Crippen LogP contribution in [0.5, 0.6) is 0 Å². The molecule has 8 heteroatoms. The van der Waals surface area contributed by atoms with Crippen molar-refractivity contribution in [1.82, 2.24) is 19.9 Å². The highest BCUT2D eigenvalue weighted by molar-refractivity contribution is 5.71. The minimum absolute atomic E-state index is 0.189. The van der Waals surface area contributed by atoms with Crippen LogP contribution in [-0.2, 0) is 10.2 Å². The van der Waals surface area contributed by atoms with Crippen LogP contribution in [0.25, 0.3) is 0 Å². The van der Waals surface area contributed by atoms with E-state index in [-0.39, 0.29) is 22.6 Å². The van der Waals surface area contributed by atoms with Gasteiger partial charge < -0.3 is 24.8 Å². The number of pyridine rings is 1. The summed E-state index contributed by atoms with van der Waals surface area (Å²) < 4.78 is 6.31. The summed E-state index contributed by atoms with van der Waals surface area (Å²) in [6, 6.07) is 14.9. The molecular formula is C31H41N7O. The summed E-state index contributed by atoms with van der Waals surface area (Å²) in [5, 5.41) is 3.45. The Morgan fingerprint density at radius 1 is 0.974 bits per heavy atom. The topological polar surface area (TPSA) is 69.7 Å². The van der Waals surface area contributed by atoms with Crippen molar-refractivity contribution in [3.05, 3.63) is 60.4 Å². The zero-order chi connectivity index (χ0) is 27.4. The molecule has 6 rings (SSSR count). The predicted molar refractivity (Wildman–Crippen MR) is 157 cm³/mol. The summed E-state index contributed by atoms with van der Waals surface area (Å²) in [7, 11) is 4.38. The number of nitrogens with zero attached hydrogens (tertiary/aromatic N) is 6. The Bertz CT molecular complexity index is 1320. The maximum absolute atomic E-state index is 6.31. The average Bonchev–Trinajstić information content (AvgIpc) is 3.17. The van der Waals surface area contributed by atoms with Crippen molar-refractivity contribution >= 4 is 29.0 Å². The zero-order valence-electron chi connectivity index (χ0n) is 24.1. The standard InChI is InChI=1S/C31H41N7O/c1-29(2)19-25-31(4,21-39-29)24-20-33-28(35-27(24)38(25)26-9-7-8-16-32-26)34-22-10-12-23(13-11-22)37-17-14-30(3,15-18-37)36(5)6/h7-13,16,20,25H,14-15,17-19,21H2,1-6H3,(H,33,34,35)/t25-,31-/m1/s1. The monoisotopic (exact) mass is 527 g/mol. The molecule has 8 nitrogen and oxygen atoms in total. The van der Waals surface area contributed by atoms with Gasteiger partial charge in [-0.2, -0.15) is 4.98 Å². The van der Waals surface area contributed by atoms with E-state index in [1.807, 2.05) is 24.5 Å². The molecule has 1 N–H and O–H groups in total. The van der Waals surface area contributed by atoms with Gasteiger partial charge in [-0.25, -0.2) is 9.97 Å². The lowest BCUT2D eigenvalue weighted by Gasteiger charge is -2.46. The highest BCUT2D eigenvalue weighted by Gasteiger charge is 2.55. The molecule has 2 saturated heterocycles. The first-order valence-electron chi connectivity index (χ1n) is 14.1. The highest BCUT2D eigenvalue weighted by atomic mass is 16.5. The van der Waals surface area contributed by atoms with E-state index < -0.39 is 0 Å². The van der Waals surface area contributed by atoms with Gasteiger partial charge in [-0.05, 0) is 90.5 Å². The second kappa shape index (κ2) is 9.45. The molecule has 3 aliphatic heterocycles. The molecular weight excluding hydrogens is 486 g/mol. The Balaban J connectivity index is 1.24. The van der Waals surface area contributed by atoms with Gasteiger partial charge in [0.15, 0.2) is 0 Å². The smallest absolute Gasteiger partial charge is 0.229 e. The lowest BCUT2D eigenvalue weighted by molar-refractivity contribution is -0.0893. The van der Waals surface area contributed by atoms with E-state index in [1.165, 1.54) is 5.69 Å². The molecule has 0 amide bonds. The van der Waals surface area contributed by atoms with Crippen LogP contribution in [0.1, 0.15) is 52.5 Å². The maximum atomic E-state index is 6.31. The van der Waals surface area contributed by atoms with Gasteiger partial charge in [-0.1, -0.05) is 13.0 Å². The summed E-state index contributed by atoms with van der Waals surface area (Å²) >= 11 is 0. The van der Waals surface area contributed by atoms with Gasteiger partial charge >= 0.3 is 0 Å². The predicted octanol–water partition coefficient (Wildman–Crippen LogP) is 5.51. The molecule has 206 valence electrons. The fourth-order valence-corrected chi connectivity index (χ4v) is 6.33. The molecule has 1 aromatic carbocycles. The zero-order valence-corrected chi connectivity index (χ0v) is 24.1. The molecule has 39 heavy (non-hydrogen) atoms. The lowest BCUT2D eigenvalue weighted by atomic mass is 9.73. The molecule has 0 saturated carbocycles. The van der Waals surface area contributed by atoms with Crippen LogP contribution in [0.4, 0.5) is 29.0 Å². The summed E-state index contributed by atoms with van der Waals surface area (Å²) in [5.74, 6) is 2.41. The molecule has 5 heterocycles. The Morgan fingerprint density at radius 2 is 1.72 bits per heavy atom. The number of anilines is 5. The van der Waals surface area contributed by atoms with Crippen LogP contribution in [0.15, 0.2) is 54.9 Å². The van der Waals surface area contributed by atoms with Gasteiger partial charge in [-0.3, -0.25) is 0 Å². The minimum atomic E-state index is -0.213. The summed E-state index contributed by atoms with van der Waals surface area (Å²) in [6.45, 7) is 11.7. The fraction of sp³-hybridized carbons (Fsp3) is 0.516. The SMILES string of the molecule is CN(C)C1(C)CCN(c2ccc(Nc3ncc4c(n3)N(c3ccccn3)[C@@H]3CC(C)(C)OC[C@]43C)cc2)CC1. The number of benzene rings is 1. The van der Waals surface area contributed by atoms with Crippen molar-refractivity contribution < 1.29 is 4.74 Å². The Morgan fingerprint density at radius 3 is 2.38 bits per heavy atom. The first-order valence-corrected chi connectivity index (χ1v) is 14.1. The van der Waals surface area contributed by atoms with Gasteiger partial charge in [0.05, 0.1) is 18.2 Å². The summed E-state index contributed by atoms with van der Waals surface area (Å²) in [6.07, 6.45) is 7.03.